The predicted octanol–water partition coefficient (Wildman–Crippen LogP) is 6.15. The van der Waals surface area contributed by atoms with Crippen LogP contribution in [-0.2, 0) is 13.0 Å². The van der Waals surface area contributed by atoms with E-state index in [1.807, 2.05) is 28.5 Å². The molecule has 52 heavy (non-hydrogen) atoms. The molecule has 11 heteroatoms. The van der Waals surface area contributed by atoms with Crippen molar-refractivity contribution in [3.8, 4) is 22.9 Å². The van der Waals surface area contributed by atoms with Crippen molar-refractivity contribution in [1.82, 2.24) is 19.3 Å². The molecule has 4 aromatic carbocycles. The van der Waals surface area contributed by atoms with Gasteiger partial charge >= 0.3 is 0 Å². The minimum absolute atomic E-state index is 0.0402. The fourth-order valence-electron chi connectivity index (χ4n) is 7.43. The molecule has 1 aromatic heterocycles. The molecule has 1 fully saturated rings. The number of phenols is 1. The van der Waals surface area contributed by atoms with Crippen LogP contribution in [0, 0.1) is 12.7 Å². The minimum Gasteiger partial charge on any atom is -0.508 e. The van der Waals surface area contributed by atoms with E-state index in [-0.39, 0.29) is 30.4 Å². The highest BCUT2D eigenvalue weighted by Gasteiger charge is 2.35. The number of halogens is 1. The summed E-state index contributed by atoms with van der Waals surface area (Å²) in [5.74, 6) is 0.151. The normalized spacial score (nSPS) is 17.2. The first kappa shape index (κ1) is 33.5. The van der Waals surface area contributed by atoms with E-state index in [1.54, 1.807) is 30.5 Å². The van der Waals surface area contributed by atoms with Gasteiger partial charge in [0, 0.05) is 74.6 Å². The summed E-state index contributed by atoms with van der Waals surface area (Å²) in [4.78, 5) is 37.6. The van der Waals surface area contributed by atoms with Crippen LogP contribution in [0.2, 0.25) is 0 Å². The number of anilines is 2. The van der Waals surface area contributed by atoms with Gasteiger partial charge in [0.1, 0.15) is 11.6 Å². The summed E-state index contributed by atoms with van der Waals surface area (Å²) in [6.07, 6.45) is 2.47. The number of carbonyl (C=O) groups excluding carboxylic acids is 2. The van der Waals surface area contributed by atoms with Gasteiger partial charge in [-0.25, -0.2) is 4.39 Å². The second-order valence-electron chi connectivity index (χ2n) is 13.8. The Kier molecular flexibility index (Phi) is 8.90. The number of piperazine rings is 1. The third kappa shape index (κ3) is 6.49. The quantitative estimate of drug-likeness (QED) is 0.218. The number of hydrogen-bond donors (Lipinski definition) is 1. The third-order valence-electron chi connectivity index (χ3n) is 10.3. The van der Waals surface area contributed by atoms with E-state index in [4.69, 9.17) is 9.47 Å². The Morgan fingerprint density at radius 1 is 0.865 bits per heavy atom. The van der Waals surface area contributed by atoms with Crippen molar-refractivity contribution in [2.45, 2.75) is 25.9 Å². The Morgan fingerprint density at radius 3 is 2.23 bits per heavy atom. The van der Waals surface area contributed by atoms with E-state index in [1.165, 1.54) is 46.9 Å². The summed E-state index contributed by atoms with van der Waals surface area (Å²) >= 11 is 0. The molecule has 0 bridgehead atoms. The first-order chi connectivity index (χ1) is 25.2. The van der Waals surface area contributed by atoms with Gasteiger partial charge < -0.3 is 28.9 Å². The van der Waals surface area contributed by atoms with Crippen LogP contribution in [0.5, 0.6) is 17.2 Å². The molecular weight excluding hydrogens is 661 g/mol. The van der Waals surface area contributed by atoms with Crippen molar-refractivity contribution in [2.24, 2.45) is 0 Å². The van der Waals surface area contributed by atoms with Crippen molar-refractivity contribution in [3.63, 3.8) is 0 Å². The summed E-state index contributed by atoms with van der Waals surface area (Å²) in [7, 11) is 2.14. The molecule has 4 heterocycles. The number of carbonyl (C=O) groups is 2. The van der Waals surface area contributed by atoms with Gasteiger partial charge in [0.2, 0.25) is 6.79 Å². The lowest BCUT2D eigenvalue weighted by Gasteiger charge is -2.41. The average molecular weight is 702 g/mol. The molecule has 1 saturated heterocycles. The van der Waals surface area contributed by atoms with Gasteiger partial charge in [-0.2, -0.15) is 0 Å². The zero-order valence-corrected chi connectivity index (χ0v) is 29.2. The molecular formula is C41H40FN5O5. The van der Waals surface area contributed by atoms with Gasteiger partial charge in [0.15, 0.2) is 11.5 Å². The molecule has 0 aliphatic carbocycles. The van der Waals surface area contributed by atoms with Crippen LogP contribution in [0.3, 0.4) is 0 Å². The second kappa shape index (κ2) is 13.8. The lowest BCUT2D eigenvalue weighted by atomic mass is 9.92. The highest BCUT2D eigenvalue weighted by molar-refractivity contribution is 6.11. The first-order valence-electron chi connectivity index (χ1n) is 17.5. The first-order valence-corrected chi connectivity index (χ1v) is 17.5. The second-order valence-corrected chi connectivity index (χ2v) is 13.8. The van der Waals surface area contributed by atoms with E-state index in [0.29, 0.717) is 46.2 Å². The van der Waals surface area contributed by atoms with E-state index in [9.17, 15) is 19.1 Å². The van der Waals surface area contributed by atoms with Gasteiger partial charge in [-0.05, 0) is 92.2 Å². The molecule has 2 amide bonds. The van der Waals surface area contributed by atoms with Gasteiger partial charge in [-0.15, -0.1) is 0 Å². The van der Waals surface area contributed by atoms with Gasteiger partial charge in [0.25, 0.3) is 11.8 Å². The van der Waals surface area contributed by atoms with E-state index >= 15 is 0 Å². The number of aromatic hydroxyl groups is 1. The SMILES string of the molecule is Cc1cc(C(=O)N(c2ccc(O)cc2)c2ccc(F)cc2)cn1-c1cc2c(cc1C(=O)N1Cc3ccccc3C[C@H]1CN1CCN(C)CC1)OCO2. The summed E-state index contributed by atoms with van der Waals surface area (Å²) < 4.78 is 27.4. The van der Waals surface area contributed by atoms with Gasteiger partial charge in [-0.1, -0.05) is 24.3 Å². The highest BCUT2D eigenvalue weighted by atomic mass is 19.1. The number of rotatable bonds is 7. The zero-order valence-electron chi connectivity index (χ0n) is 29.2. The maximum atomic E-state index is 15.0. The number of aromatic nitrogens is 1. The molecule has 3 aliphatic rings. The molecule has 0 spiro atoms. The van der Waals surface area contributed by atoms with Crippen LogP contribution in [0.1, 0.15) is 37.5 Å². The molecule has 0 unspecified atom stereocenters. The standard InChI is InChI=1S/C41H40FN5O5/c1-27-19-30(40(49)47(32-9-7-31(42)8-10-32)33-11-13-35(48)14-12-33)24-45(27)37-22-39-38(51-26-52-39)21-36(37)41(50)46-23-29-6-4-3-5-28(29)20-34(46)25-44-17-15-43(2)16-18-44/h3-14,19,21-22,24,34,48H,15-18,20,23,25-26H2,1-2H3/t34-/m0/s1. The van der Waals surface area contributed by atoms with Crippen molar-refractivity contribution in [3.05, 3.63) is 131 Å². The van der Waals surface area contributed by atoms with Crippen LogP contribution < -0.4 is 14.4 Å². The summed E-state index contributed by atoms with van der Waals surface area (Å²) in [6, 6.07) is 25.6. The van der Waals surface area contributed by atoms with Crippen LogP contribution in [0.4, 0.5) is 15.8 Å². The zero-order chi connectivity index (χ0) is 35.9. The molecule has 0 radical (unpaired) electrons. The van der Waals surface area contributed by atoms with Crippen molar-refractivity contribution in [1.29, 1.82) is 0 Å². The lowest BCUT2D eigenvalue weighted by molar-refractivity contribution is 0.0535. The molecule has 10 nitrogen and oxygen atoms in total. The number of ether oxygens (including phenoxy) is 2. The maximum absolute atomic E-state index is 15.0. The van der Waals surface area contributed by atoms with Gasteiger partial charge in [0.05, 0.1) is 16.8 Å². The third-order valence-corrected chi connectivity index (χ3v) is 10.3. The predicted molar refractivity (Wildman–Crippen MR) is 195 cm³/mol. The van der Waals surface area contributed by atoms with Crippen molar-refractivity contribution >= 4 is 23.2 Å². The van der Waals surface area contributed by atoms with E-state index < -0.39 is 5.82 Å². The number of phenolic OH excluding ortho intramolecular Hbond substituents is 1. The number of amides is 2. The Balaban J connectivity index is 1.17. The Labute approximate surface area is 301 Å². The monoisotopic (exact) mass is 701 g/mol. The van der Waals surface area contributed by atoms with Gasteiger partial charge in [-0.3, -0.25) is 19.4 Å². The number of nitrogens with zero attached hydrogens (tertiary/aromatic N) is 5. The number of benzene rings is 4. The van der Waals surface area contributed by atoms with Crippen LogP contribution >= 0.6 is 0 Å². The van der Waals surface area contributed by atoms with Crippen LogP contribution in [0.25, 0.3) is 5.69 Å². The summed E-state index contributed by atoms with van der Waals surface area (Å²) in [5, 5.41) is 9.94. The van der Waals surface area contributed by atoms with E-state index in [2.05, 4.69) is 35.0 Å². The fourth-order valence-corrected chi connectivity index (χ4v) is 7.43. The minimum atomic E-state index is -0.424. The van der Waals surface area contributed by atoms with Crippen molar-refractivity contribution < 1.29 is 28.6 Å². The average Bonchev–Trinajstić information content (AvgIpc) is 3.79. The largest absolute Gasteiger partial charge is 0.508 e. The number of hydrogen-bond acceptors (Lipinski definition) is 7. The highest BCUT2D eigenvalue weighted by Crippen LogP contribution is 2.39. The molecule has 3 aliphatic heterocycles. The number of aryl methyl sites for hydroxylation is 1. The smallest absolute Gasteiger partial charge is 0.264 e. The summed E-state index contributed by atoms with van der Waals surface area (Å²) in [6.45, 7) is 7.05. The Hall–Kier alpha value is -5.65. The topological polar surface area (TPSA) is 90.7 Å². The Bertz CT molecular complexity index is 2080. The number of likely N-dealkylation sites (N-methyl/N-ethyl adjacent to an activating group) is 1. The molecule has 5 aromatic rings. The van der Waals surface area contributed by atoms with Crippen LogP contribution in [0.15, 0.2) is 97.2 Å². The van der Waals surface area contributed by atoms with Crippen LogP contribution in [-0.4, -0.2) is 88.8 Å². The summed E-state index contributed by atoms with van der Waals surface area (Å²) in [5.41, 5.74) is 5.44. The molecule has 1 atom stereocenters. The molecule has 1 N–H and O–H groups in total. The molecule has 0 saturated carbocycles. The van der Waals surface area contributed by atoms with Crippen molar-refractivity contribution in [2.75, 3.05) is 51.5 Å². The lowest BCUT2D eigenvalue weighted by Crippen LogP contribution is -2.53. The fraction of sp³-hybridized carbons (Fsp3) is 0.268. The molecule has 266 valence electrons. The molecule has 8 rings (SSSR count). The van der Waals surface area contributed by atoms with E-state index in [0.717, 1.165) is 50.4 Å². The number of fused-ring (bicyclic) bond motifs is 2. The Morgan fingerprint density at radius 2 is 1.52 bits per heavy atom. The maximum Gasteiger partial charge on any atom is 0.264 e.